The number of piperidine rings is 1. The summed E-state index contributed by atoms with van der Waals surface area (Å²) in [4.78, 5) is 29.1. The lowest BCUT2D eigenvalue weighted by Crippen LogP contribution is -2.55. The van der Waals surface area contributed by atoms with E-state index in [-0.39, 0.29) is 41.0 Å². The van der Waals surface area contributed by atoms with E-state index in [2.05, 4.69) is 10.3 Å². The summed E-state index contributed by atoms with van der Waals surface area (Å²) < 4.78 is 10.5. The van der Waals surface area contributed by atoms with Crippen molar-refractivity contribution in [3.8, 4) is 5.88 Å². The molecule has 0 aliphatic carbocycles. The number of anilines is 1. The maximum absolute atomic E-state index is 12.6. The number of pyridine rings is 1. The Balaban J connectivity index is 2.10. The fourth-order valence-electron chi connectivity index (χ4n) is 2.77. The summed E-state index contributed by atoms with van der Waals surface area (Å²) in [5.41, 5.74) is 5.79. The van der Waals surface area contributed by atoms with E-state index < -0.39 is 11.9 Å². The minimum atomic E-state index is -0.898. The smallest absolute Gasteiger partial charge is 0.317 e. The molecule has 2 rings (SSSR count). The van der Waals surface area contributed by atoms with Crippen molar-refractivity contribution >= 4 is 29.3 Å². The van der Waals surface area contributed by atoms with Crippen molar-refractivity contribution in [3.05, 3.63) is 16.7 Å². The number of nitrogen functional groups attached to an aromatic ring is 1. The molecular formula is C15H21ClN4O5. The van der Waals surface area contributed by atoms with Gasteiger partial charge in [0.1, 0.15) is 11.4 Å². The van der Waals surface area contributed by atoms with Gasteiger partial charge in [0.05, 0.1) is 30.8 Å². The number of carbonyl (C=O) groups is 2. The summed E-state index contributed by atoms with van der Waals surface area (Å²) in [6, 6.07) is 1.13. The fraction of sp³-hybridized carbons (Fsp3) is 0.533. The number of carboxylic acid groups (broad SMARTS) is 1. The Morgan fingerprint density at radius 2 is 2.24 bits per heavy atom. The molecule has 1 aromatic heterocycles. The Labute approximate surface area is 150 Å². The highest BCUT2D eigenvalue weighted by Gasteiger charge is 2.32. The lowest BCUT2D eigenvalue weighted by atomic mass is 10.0. The van der Waals surface area contributed by atoms with E-state index in [4.69, 9.17) is 31.9 Å². The highest BCUT2D eigenvalue weighted by molar-refractivity contribution is 6.33. The summed E-state index contributed by atoms with van der Waals surface area (Å²) in [6.45, 7) is 0.881. The highest BCUT2D eigenvalue weighted by atomic mass is 35.5. The van der Waals surface area contributed by atoms with Gasteiger partial charge in [-0.15, -0.1) is 0 Å². The van der Waals surface area contributed by atoms with Gasteiger partial charge in [-0.25, -0.2) is 0 Å². The molecule has 4 N–H and O–H groups in total. The van der Waals surface area contributed by atoms with Crippen LogP contribution in [0.15, 0.2) is 6.07 Å². The molecule has 25 heavy (non-hydrogen) atoms. The van der Waals surface area contributed by atoms with Gasteiger partial charge in [0, 0.05) is 20.2 Å². The van der Waals surface area contributed by atoms with E-state index in [0.29, 0.717) is 19.5 Å². The molecule has 0 bridgehead atoms. The van der Waals surface area contributed by atoms with Gasteiger partial charge in [-0.1, -0.05) is 11.6 Å². The number of hydrogen-bond acceptors (Lipinski definition) is 7. The van der Waals surface area contributed by atoms with Gasteiger partial charge in [0.15, 0.2) is 0 Å². The van der Waals surface area contributed by atoms with Crippen LogP contribution in [0.25, 0.3) is 0 Å². The molecular weight excluding hydrogens is 352 g/mol. The predicted octanol–water partition coefficient (Wildman–Crippen LogP) is 0.230. The fourth-order valence-corrected chi connectivity index (χ4v) is 2.92. The third kappa shape index (κ3) is 4.71. The molecule has 1 amide bonds. The molecule has 0 aromatic carbocycles. The Morgan fingerprint density at radius 1 is 1.52 bits per heavy atom. The van der Waals surface area contributed by atoms with Crippen LogP contribution < -0.4 is 15.8 Å². The first-order valence-electron chi connectivity index (χ1n) is 7.63. The molecule has 9 nitrogen and oxygen atoms in total. The van der Waals surface area contributed by atoms with Crippen molar-refractivity contribution < 1.29 is 24.2 Å². The van der Waals surface area contributed by atoms with Crippen LogP contribution in [0, 0.1) is 0 Å². The average Bonchev–Trinajstić information content (AvgIpc) is 2.57. The van der Waals surface area contributed by atoms with Gasteiger partial charge in [-0.3, -0.25) is 14.5 Å². The lowest BCUT2D eigenvalue weighted by Gasteiger charge is -2.37. The number of nitrogens with one attached hydrogen (secondary N) is 1. The van der Waals surface area contributed by atoms with E-state index in [9.17, 15) is 9.59 Å². The molecule has 0 spiro atoms. The summed E-state index contributed by atoms with van der Waals surface area (Å²) in [5, 5.41) is 11.9. The summed E-state index contributed by atoms with van der Waals surface area (Å²) in [5.74, 6) is -1.15. The maximum atomic E-state index is 12.6. The Kier molecular flexibility index (Phi) is 6.40. The third-order valence-corrected chi connectivity index (χ3v) is 4.33. The third-order valence-electron chi connectivity index (χ3n) is 4.03. The number of nitrogens with zero attached hydrogens (tertiary/aromatic N) is 2. The monoisotopic (exact) mass is 372 g/mol. The molecule has 1 aliphatic rings. The zero-order chi connectivity index (χ0) is 18.6. The first kappa shape index (κ1) is 19.2. The predicted molar refractivity (Wildman–Crippen MR) is 91.0 cm³/mol. The molecule has 1 aliphatic heterocycles. The van der Waals surface area contributed by atoms with Crippen molar-refractivity contribution in [2.75, 3.05) is 39.6 Å². The molecule has 2 unspecified atom stereocenters. The summed E-state index contributed by atoms with van der Waals surface area (Å²) in [7, 11) is 2.91. The van der Waals surface area contributed by atoms with Crippen LogP contribution in [-0.2, 0) is 9.53 Å². The molecule has 1 saturated heterocycles. The number of halogens is 1. The quantitative estimate of drug-likeness (QED) is 0.647. The second kappa shape index (κ2) is 8.32. The van der Waals surface area contributed by atoms with Crippen molar-refractivity contribution in [2.45, 2.75) is 18.6 Å². The number of ether oxygens (including phenoxy) is 2. The maximum Gasteiger partial charge on any atom is 0.317 e. The number of aliphatic carboxylic acids is 1. The number of methoxy groups -OCH3 is 2. The zero-order valence-corrected chi connectivity index (χ0v) is 14.7. The molecule has 2 atom stereocenters. The van der Waals surface area contributed by atoms with Gasteiger partial charge in [0.25, 0.3) is 5.91 Å². The Hall–Kier alpha value is -2.10. The number of rotatable bonds is 6. The van der Waals surface area contributed by atoms with E-state index in [1.54, 1.807) is 4.90 Å². The minimum Gasteiger partial charge on any atom is -0.480 e. The highest BCUT2D eigenvalue weighted by Crippen LogP contribution is 2.25. The number of carbonyl (C=O) groups excluding carboxylic acids is 1. The van der Waals surface area contributed by atoms with Gasteiger partial charge in [0.2, 0.25) is 5.88 Å². The summed E-state index contributed by atoms with van der Waals surface area (Å²) >= 11 is 5.94. The molecule has 0 radical (unpaired) electrons. The second-order valence-corrected chi connectivity index (χ2v) is 6.09. The van der Waals surface area contributed by atoms with E-state index >= 15 is 0 Å². The SMILES string of the molecule is COc1nc(N)c(Cl)cc1C(=O)NC1CCN(CC(=O)O)CC1OC. The van der Waals surface area contributed by atoms with Crippen molar-refractivity contribution in [2.24, 2.45) is 0 Å². The number of likely N-dealkylation sites (tertiary alicyclic amines) is 1. The average molecular weight is 373 g/mol. The minimum absolute atomic E-state index is 0.0637. The molecule has 2 heterocycles. The Morgan fingerprint density at radius 3 is 2.84 bits per heavy atom. The van der Waals surface area contributed by atoms with Crippen LogP contribution in [0.1, 0.15) is 16.8 Å². The lowest BCUT2D eigenvalue weighted by molar-refractivity contribution is -0.139. The number of hydrogen-bond donors (Lipinski definition) is 3. The molecule has 138 valence electrons. The van der Waals surface area contributed by atoms with Gasteiger partial charge in [-0.05, 0) is 12.5 Å². The number of aromatic nitrogens is 1. The number of carboxylic acids is 1. The van der Waals surface area contributed by atoms with Crippen LogP contribution in [0.4, 0.5) is 5.82 Å². The Bertz CT molecular complexity index is 657. The summed E-state index contributed by atoms with van der Waals surface area (Å²) in [6.07, 6.45) is 0.218. The van der Waals surface area contributed by atoms with E-state index in [1.807, 2.05) is 0 Å². The van der Waals surface area contributed by atoms with Gasteiger partial charge >= 0.3 is 5.97 Å². The largest absolute Gasteiger partial charge is 0.480 e. The van der Waals surface area contributed by atoms with Crippen molar-refractivity contribution in [1.82, 2.24) is 15.2 Å². The number of nitrogens with two attached hydrogens (primary N) is 1. The molecule has 10 heteroatoms. The van der Waals surface area contributed by atoms with Crippen LogP contribution in [0.5, 0.6) is 5.88 Å². The van der Waals surface area contributed by atoms with Crippen molar-refractivity contribution in [3.63, 3.8) is 0 Å². The van der Waals surface area contributed by atoms with E-state index in [1.165, 1.54) is 20.3 Å². The van der Waals surface area contributed by atoms with Crippen LogP contribution in [0.2, 0.25) is 5.02 Å². The standard InChI is InChI=1S/C15H21ClN4O5/c1-24-11-6-20(7-12(21)22)4-3-10(11)18-14(23)8-5-9(16)13(17)19-15(8)25-2/h5,10-11H,3-4,6-7H2,1-2H3,(H2,17,19)(H,18,23)(H,21,22). The molecule has 1 fully saturated rings. The van der Waals surface area contributed by atoms with Crippen LogP contribution >= 0.6 is 11.6 Å². The van der Waals surface area contributed by atoms with E-state index in [0.717, 1.165) is 0 Å². The first-order chi connectivity index (χ1) is 11.8. The van der Waals surface area contributed by atoms with Crippen LogP contribution in [-0.4, -0.2) is 72.9 Å². The topological polar surface area (TPSA) is 127 Å². The molecule has 1 aromatic rings. The zero-order valence-electron chi connectivity index (χ0n) is 14.0. The number of amides is 1. The van der Waals surface area contributed by atoms with Gasteiger partial charge in [-0.2, -0.15) is 4.98 Å². The van der Waals surface area contributed by atoms with Crippen LogP contribution in [0.3, 0.4) is 0 Å². The van der Waals surface area contributed by atoms with Gasteiger partial charge < -0.3 is 25.6 Å². The van der Waals surface area contributed by atoms with Crippen molar-refractivity contribution in [1.29, 1.82) is 0 Å². The first-order valence-corrected chi connectivity index (χ1v) is 8.01. The second-order valence-electron chi connectivity index (χ2n) is 5.68. The molecule has 0 saturated carbocycles. The normalized spacial score (nSPS) is 20.9.